The molecule has 0 bridgehead atoms. The highest BCUT2D eigenvalue weighted by molar-refractivity contribution is 5.67. The van der Waals surface area contributed by atoms with Crippen LogP contribution in [0.5, 0.6) is 0 Å². The maximum atomic E-state index is 10.3. The molecule has 0 aliphatic rings. The number of carboxylic acids is 1. The predicted octanol–water partition coefficient (Wildman–Crippen LogP) is 3.77. The summed E-state index contributed by atoms with van der Waals surface area (Å²) in [5.41, 5.74) is 0. The lowest BCUT2D eigenvalue weighted by Gasteiger charge is -2.09. The first-order chi connectivity index (χ1) is 21.3. The molecule has 12 heteroatoms. The van der Waals surface area contributed by atoms with Crippen molar-refractivity contribution in [3.8, 4) is 0 Å². The van der Waals surface area contributed by atoms with E-state index in [1.165, 1.54) is 51.4 Å². The number of unbranched alkanes of at least 4 members (excludes halogenated alkanes) is 8. The van der Waals surface area contributed by atoms with Crippen LogP contribution in [-0.4, -0.2) is 143 Å². The minimum absolute atomic E-state index is 0.247. The van der Waals surface area contributed by atoms with E-state index in [-0.39, 0.29) is 13.2 Å². The molecule has 0 aliphatic heterocycles. The summed E-state index contributed by atoms with van der Waals surface area (Å²) in [5, 5.41) is 8.42. The summed E-state index contributed by atoms with van der Waals surface area (Å²) < 4.78 is 53.9. The van der Waals surface area contributed by atoms with Crippen LogP contribution in [0.15, 0.2) is 0 Å². The lowest BCUT2D eigenvalue weighted by molar-refractivity contribution is -0.142. The Hall–Kier alpha value is -0.930. The molecule has 43 heavy (non-hydrogen) atoms. The van der Waals surface area contributed by atoms with E-state index in [0.29, 0.717) is 112 Å². The van der Waals surface area contributed by atoms with Gasteiger partial charge in [-0.05, 0) is 6.42 Å². The number of carboxylic acid groups (broad SMARTS) is 1. The summed E-state index contributed by atoms with van der Waals surface area (Å²) in [5.74, 6) is -0.991. The van der Waals surface area contributed by atoms with Gasteiger partial charge < -0.3 is 52.5 Å². The molecule has 12 nitrogen and oxygen atoms in total. The summed E-state index contributed by atoms with van der Waals surface area (Å²) in [6.07, 6.45) is 11.9. The van der Waals surface area contributed by atoms with Crippen molar-refractivity contribution >= 4 is 5.97 Å². The maximum absolute atomic E-state index is 10.3. The van der Waals surface area contributed by atoms with E-state index in [1.54, 1.807) is 0 Å². The van der Waals surface area contributed by atoms with Gasteiger partial charge in [-0.3, -0.25) is 0 Å². The Labute approximate surface area is 260 Å². The fourth-order valence-corrected chi connectivity index (χ4v) is 3.65. The number of aliphatic carboxylic acids is 1. The Morgan fingerprint density at radius 1 is 0.349 bits per heavy atom. The molecule has 1 N–H and O–H groups in total. The predicted molar refractivity (Wildman–Crippen MR) is 163 cm³/mol. The molecule has 0 amide bonds. The summed E-state index contributed by atoms with van der Waals surface area (Å²) in [6.45, 7) is 11.6. The van der Waals surface area contributed by atoms with Gasteiger partial charge in [-0.25, -0.2) is 4.79 Å². The molecule has 0 atom stereocenters. The van der Waals surface area contributed by atoms with Crippen LogP contribution in [0.1, 0.15) is 64.7 Å². The zero-order valence-corrected chi connectivity index (χ0v) is 26.9. The first-order valence-corrected chi connectivity index (χ1v) is 16.3. The number of carbonyl (C=O) groups is 1. The van der Waals surface area contributed by atoms with E-state index in [9.17, 15) is 4.79 Å². The van der Waals surface area contributed by atoms with E-state index in [4.69, 9.17) is 52.5 Å². The van der Waals surface area contributed by atoms with Gasteiger partial charge in [-0.1, -0.05) is 58.3 Å². The van der Waals surface area contributed by atoms with Crippen molar-refractivity contribution in [1.29, 1.82) is 0 Å². The normalized spacial score (nSPS) is 11.5. The highest BCUT2D eigenvalue weighted by Crippen LogP contribution is 2.09. The number of hydrogen-bond acceptors (Lipinski definition) is 11. The Morgan fingerprint density at radius 2 is 0.581 bits per heavy atom. The molecule has 258 valence electrons. The lowest BCUT2D eigenvalue weighted by atomic mass is 10.1. The second kappa shape index (κ2) is 39.1. The van der Waals surface area contributed by atoms with Crippen LogP contribution < -0.4 is 0 Å². The standard InChI is InChI=1S/C31H62O12/c1-2-3-4-5-6-7-8-9-10-11-34-12-13-35-14-15-36-16-17-37-18-19-38-20-21-39-22-23-40-24-25-41-26-27-42-28-29-43-30-31(32)33/h2-30H2,1H3,(H,32,33). The zero-order chi connectivity index (χ0) is 31.2. The van der Waals surface area contributed by atoms with E-state index < -0.39 is 5.97 Å². The third-order valence-corrected chi connectivity index (χ3v) is 5.97. The van der Waals surface area contributed by atoms with Crippen molar-refractivity contribution in [2.75, 3.05) is 132 Å². The number of hydrogen-bond donors (Lipinski definition) is 1. The molecule has 0 rings (SSSR count). The Kier molecular flexibility index (Phi) is 38.2. The molecule has 0 heterocycles. The molecule has 0 aromatic carbocycles. The topological polar surface area (TPSA) is 130 Å². The van der Waals surface area contributed by atoms with Crippen LogP contribution >= 0.6 is 0 Å². The van der Waals surface area contributed by atoms with Gasteiger partial charge in [0.15, 0.2) is 0 Å². The molecular weight excluding hydrogens is 564 g/mol. The van der Waals surface area contributed by atoms with Crippen molar-refractivity contribution in [2.45, 2.75) is 64.7 Å². The van der Waals surface area contributed by atoms with E-state index in [0.717, 1.165) is 13.0 Å². The van der Waals surface area contributed by atoms with Crippen LogP contribution in [0.3, 0.4) is 0 Å². The third-order valence-electron chi connectivity index (χ3n) is 5.97. The number of ether oxygens (including phenoxy) is 10. The highest BCUT2D eigenvalue weighted by Gasteiger charge is 1.98. The minimum atomic E-state index is -0.991. The van der Waals surface area contributed by atoms with Crippen molar-refractivity contribution in [2.24, 2.45) is 0 Å². The van der Waals surface area contributed by atoms with Gasteiger partial charge in [0.2, 0.25) is 0 Å². The molecule has 0 saturated heterocycles. The molecule has 0 unspecified atom stereocenters. The quantitative estimate of drug-likeness (QED) is 0.0997. The number of rotatable bonds is 39. The van der Waals surface area contributed by atoms with Gasteiger partial charge in [0.05, 0.1) is 119 Å². The fourth-order valence-electron chi connectivity index (χ4n) is 3.65. The second-order valence-electron chi connectivity index (χ2n) is 9.79. The minimum Gasteiger partial charge on any atom is -0.480 e. The smallest absolute Gasteiger partial charge is 0.329 e. The maximum Gasteiger partial charge on any atom is 0.329 e. The Balaban J connectivity index is 3.03. The van der Waals surface area contributed by atoms with Gasteiger partial charge in [0.1, 0.15) is 6.61 Å². The summed E-state index contributed by atoms with van der Waals surface area (Å²) in [4.78, 5) is 10.3. The van der Waals surface area contributed by atoms with E-state index >= 15 is 0 Å². The van der Waals surface area contributed by atoms with Crippen molar-refractivity contribution in [1.82, 2.24) is 0 Å². The van der Waals surface area contributed by atoms with Crippen LogP contribution in [0, 0.1) is 0 Å². The van der Waals surface area contributed by atoms with Gasteiger partial charge >= 0.3 is 5.97 Å². The van der Waals surface area contributed by atoms with Gasteiger partial charge in [-0.2, -0.15) is 0 Å². The molecule has 0 aromatic rings. The monoisotopic (exact) mass is 626 g/mol. The largest absolute Gasteiger partial charge is 0.480 e. The fraction of sp³-hybridized carbons (Fsp3) is 0.968. The summed E-state index contributed by atoms with van der Waals surface area (Å²) >= 11 is 0. The molecule has 0 radical (unpaired) electrons. The van der Waals surface area contributed by atoms with Crippen molar-refractivity contribution < 1.29 is 57.3 Å². The average Bonchev–Trinajstić information content (AvgIpc) is 3.00. The summed E-state index contributed by atoms with van der Waals surface area (Å²) in [6, 6.07) is 0. The molecule has 0 saturated carbocycles. The van der Waals surface area contributed by atoms with E-state index in [1.807, 2.05) is 0 Å². The first-order valence-electron chi connectivity index (χ1n) is 16.3. The Morgan fingerprint density at radius 3 is 0.860 bits per heavy atom. The van der Waals surface area contributed by atoms with Crippen LogP contribution in [0.25, 0.3) is 0 Å². The SMILES string of the molecule is CCCCCCCCCCCOCCOCCOCCOCCOCCOCCOCCOCCOCCOCC(=O)O. The van der Waals surface area contributed by atoms with Crippen LogP contribution in [0.2, 0.25) is 0 Å². The van der Waals surface area contributed by atoms with Crippen molar-refractivity contribution in [3.63, 3.8) is 0 Å². The lowest BCUT2D eigenvalue weighted by Crippen LogP contribution is -2.15. The molecule has 0 aliphatic carbocycles. The van der Waals surface area contributed by atoms with Crippen LogP contribution in [-0.2, 0) is 52.2 Å². The highest BCUT2D eigenvalue weighted by atomic mass is 16.6. The van der Waals surface area contributed by atoms with Gasteiger partial charge in [-0.15, -0.1) is 0 Å². The molecule has 0 fully saturated rings. The van der Waals surface area contributed by atoms with E-state index in [2.05, 4.69) is 6.92 Å². The Bertz CT molecular complexity index is 527. The second-order valence-corrected chi connectivity index (χ2v) is 9.79. The van der Waals surface area contributed by atoms with Crippen LogP contribution in [0.4, 0.5) is 0 Å². The van der Waals surface area contributed by atoms with Gasteiger partial charge in [0.25, 0.3) is 0 Å². The first kappa shape index (κ1) is 42.1. The average molecular weight is 627 g/mol. The molecule has 0 aromatic heterocycles. The third kappa shape index (κ3) is 41.1. The zero-order valence-electron chi connectivity index (χ0n) is 26.9. The van der Waals surface area contributed by atoms with Crippen molar-refractivity contribution in [3.05, 3.63) is 0 Å². The molecule has 0 spiro atoms. The van der Waals surface area contributed by atoms with Gasteiger partial charge in [0, 0.05) is 6.61 Å². The summed E-state index contributed by atoms with van der Waals surface area (Å²) in [7, 11) is 0. The molecular formula is C31H62O12.